The van der Waals surface area contributed by atoms with E-state index in [-0.39, 0.29) is 17.6 Å². The minimum atomic E-state index is -0.348. The summed E-state index contributed by atoms with van der Waals surface area (Å²) in [6, 6.07) is 0. The summed E-state index contributed by atoms with van der Waals surface area (Å²) in [5.74, 6) is 0.875. The highest BCUT2D eigenvalue weighted by Gasteiger charge is 2.25. The van der Waals surface area contributed by atoms with Crippen molar-refractivity contribution in [1.29, 1.82) is 0 Å². The molecule has 0 spiro atoms. The number of aromatic nitrogens is 4. The van der Waals surface area contributed by atoms with Crippen LogP contribution in [0.4, 0.5) is 11.6 Å². The molecule has 0 radical (unpaired) electrons. The minimum Gasteiger partial charge on any atom is -0.361 e. The number of anilines is 2. The largest absolute Gasteiger partial charge is 0.361 e. The molecule has 7 heteroatoms. The van der Waals surface area contributed by atoms with Gasteiger partial charge in [-0.25, -0.2) is 9.97 Å². The Morgan fingerprint density at radius 3 is 1.38 bits per heavy atom. The Balaban J connectivity index is 2.14. The summed E-state index contributed by atoms with van der Waals surface area (Å²) in [4.78, 5) is 33.8. The highest BCUT2D eigenvalue weighted by molar-refractivity contribution is 5.90. The number of Topliss-reactive ketones (excluding diaryl/α,β-unsaturated/α-hetero) is 1. The molecule has 7 nitrogen and oxygen atoms in total. The average Bonchev–Trinajstić information content (AvgIpc) is 2.60. The van der Waals surface area contributed by atoms with Crippen LogP contribution < -0.4 is 9.80 Å². The highest BCUT2D eigenvalue weighted by Crippen LogP contribution is 2.24. The van der Waals surface area contributed by atoms with Gasteiger partial charge in [0.05, 0.1) is 48.0 Å². The molecule has 0 saturated heterocycles. The average molecular weight is 328 g/mol. The lowest BCUT2D eigenvalue weighted by Crippen LogP contribution is -2.20. The molecule has 0 aliphatic rings. The molecule has 128 valence electrons. The van der Waals surface area contributed by atoms with Crippen molar-refractivity contribution >= 4 is 17.4 Å². The van der Waals surface area contributed by atoms with Gasteiger partial charge in [0.25, 0.3) is 0 Å². The fourth-order valence-electron chi connectivity index (χ4n) is 2.24. The Bertz CT molecular complexity index is 622. The van der Waals surface area contributed by atoms with Crippen LogP contribution in [0.25, 0.3) is 0 Å². The molecule has 2 aromatic heterocycles. The summed E-state index contributed by atoms with van der Waals surface area (Å²) < 4.78 is 0. The van der Waals surface area contributed by atoms with Crippen molar-refractivity contribution in [2.24, 2.45) is 0 Å². The van der Waals surface area contributed by atoms with E-state index in [1.54, 1.807) is 24.8 Å². The predicted molar refractivity (Wildman–Crippen MR) is 94.6 cm³/mol. The van der Waals surface area contributed by atoms with Gasteiger partial charge in [-0.05, 0) is 13.8 Å². The first-order chi connectivity index (χ1) is 11.3. The van der Waals surface area contributed by atoms with E-state index in [4.69, 9.17) is 0 Å². The van der Waals surface area contributed by atoms with Gasteiger partial charge in [0.1, 0.15) is 17.4 Å². The van der Waals surface area contributed by atoms with E-state index in [1.807, 2.05) is 51.8 Å². The molecule has 2 heterocycles. The Morgan fingerprint density at radius 2 is 1.12 bits per heavy atom. The molecule has 24 heavy (non-hydrogen) atoms. The summed E-state index contributed by atoms with van der Waals surface area (Å²) in [5, 5.41) is 0. The monoisotopic (exact) mass is 328 g/mol. The van der Waals surface area contributed by atoms with E-state index in [0.29, 0.717) is 11.4 Å². The van der Waals surface area contributed by atoms with Gasteiger partial charge in [0.15, 0.2) is 0 Å². The van der Waals surface area contributed by atoms with Crippen molar-refractivity contribution in [3.8, 4) is 0 Å². The number of hydrogen-bond donors (Lipinski definition) is 0. The molecule has 0 bridgehead atoms. The van der Waals surface area contributed by atoms with Gasteiger partial charge in [-0.1, -0.05) is 0 Å². The van der Waals surface area contributed by atoms with Gasteiger partial charge in [-0.15, -0.1) is 0 Å². The van der Waals surface area contributed by atoms with E-state index in [2.05, 4.69) is 19.9 Å². The van der Waals surface area contributed by atoms with Crippen molar-refractivity contribution in [1.82, 2.24) is 19.9 Å². The van der Waals surface area contributed by atoms with Crippen molar-refractivity contribution in [3.63, 3.8) is 0 Å². The number of rotatable bonds is 6. The lowest BCUT2D eigenvalue weighted by atomic mass is 9.91. The maximum Gasteiger partial charge on any atom is 0.150 e. The smallest absolute Gasteiger partial charge is 0.150 e. The van der Waals surface area contributed by atoms with Gasteiger partial charge in [0.2, 0.25) is 0 Å². The van der Waals surface area contributed by atoms with Crippen LogP contribution >= 0.6 is 0 Å². The lowest BCUT2D eigenvalue weighted by molar-refractivity contribution is -0.121. The van der Waals surface area contributed by atoms with Crippen LogP contribution in [-0.2, 0) is 4.79 Å². The summed E-state index contributed by atoms with van der Waals surface area (Å²) in [7, 11) is 7.60. The first-order valence-corrected chi connectivity index (χ1v) is 7.83. The van der Waals surface area contributed by atoms with Gasteiger partial charge in [-0.3, -0.25) is 14.8 Å². The summed E-state index contributed by atoms with van der Waals surface area (Å²) in [5.41, 5.74) is 1.32. The van der Waals surface area contributed by atoms with Crippen LogP contribution in [0, 0.1) is 0 Å². The van der Waals surface area contributed by atoms with Crippen molar-refractivity contribution in [2.75, 3.05) is 38.0 Å². The number of carbonyl (C=O) groups is 1. The summed E-state index contributed by atoms with van der Waals surface area (Å²) in [6.45, 7) is 3.69. The molecule has 2 rings (SSSR count). The number of nitrogens with zero attached hydrogens (tertiary/aromatic N) is 6. The number of carbonyl (C=O) groups excluding carboxylic acids is 1. The van der Waals surface area contributed by atoms with E-state index >= 15 is 0 Å². The fourth-order valence-corrected chi connectivity index (χ4v) is 2.24. The second-order valence-corrected chi connectivity index (χ2v) is 6.23. The predicted octanol–water partition coefficient (Wildman–Crippen LogP) is 1.87. The van der Waals surface area contributed by atoms with E-state index < -0.39 is 0 Å². The molecule has 0 aliphatic carbocycles. The van der Waals surface area contributed by atoms with Crippen molar-refractivity contribution in [2.45, 2.75) is 25.7 Å². The van der Waals surface area contributed by atoms with Gasteiger partial charge in [-0.2, -0.15) is 0 Å². The molecule has 0 fully saturated rings. The molecule has 0 saturated carbocycles. The van der Waals surface area contributed by atoms with Gasteiger partial charge >= 0.3 is 0 Å². The number of ketones is 1. The van der Waals surface area contributed by atoms with Crippen LogP contribution in [0.5, 0.6) is 0 Å². The van der Waals surface area contributed by atoms with Crippen molar-refractivity contribution in [3.05, 3.63) is 36.2 Å². The molecule has 2 atom stereocenters. The Kier molecular flexibility index (Phi) is 5.43. The third-order valence-corrected chi connectivity index (χ3v) is 3.97. The zero-order chi connectivity index (χ0) is 17.9. The molecule has 0 aromatic carbocycles. The fraction of sp³-hybridized carbons (Fsp3) is 0.471. The second-order valence-electron chi connectivity index (χ2n) is 6.23. The van der Waals surface area contributed by atoms with Crippen LogP contribution in [0.2, 0.25) is 0 Å². The maximum absolute atomic E-state index is 12.7. The number of hydrogen-bond acceptors (Lipinski definition) is 7. The maximum atomic E-state index is 12.7. The zero-order valence-electron chi connectivity index (χ0n) is 15.1. The Hall–Kier alpha value is -2.57. The molecular weight excluding hydrogens is 304 g/mol. The minimum absolute atomic E-state index is 0.0498. The molecular formula is C17H24N6O. The van der Waals surface area contributed by atoms with Gasteiger partial charge in [0, 0.05) is 28.2 Å². The van der Waals surface area contributed by atoms with Crippen LogP contribution in [0.15, 0.2) is 24.8 Å². The second kappa shape index (κ2) is 7.33. The summed E-state index contributed by atoms with van der Waals surface area (Å²) in [6.07, 6.45) is 6.67. The van der Waals surface area contributed by atoms with E-state index in [9.17, 15) is 4.79 Å². The molecule has 0 amide bonds. The molecule has 2 aromatic rings. The van der Waals surface area contributed by atoms with Gasteiger partial charge < -0.3 is 9.80 Å². The quantitative estimate of drug-likeness (QED) is 0.801. The molecule has 2 unspecified atom stereocenters. The SMILES string of the molecule is CC(C(=O)C(C)c1cnc(N(C)C)cn1)c1cnc(N(C)C)cn1. The van der Waals surface area contributed by atoms with E-state index in [0.717, 1.165) is 11.6 Å². The normalized spacial score (nSPS) is 13.2. The molecule has 0 N–H and O–H groups in total. The first-order valence-electron chi connectivity index (χ1n) is 7.83. The van der Waals surface area contributed by atoms with Crippen LogP contribution in [0.3, 0.4) is 0 Å². The highest BCUT2D eigenvalue weighted by atomic mass is 16.1. The first kappa shape index (κ1) is 17.8. The van der Waals surface area contributed by atoms with E-state index in [1.165, 1.54) is 0 Å². The Labute approximate surface area is 142 Å². The third kappa shape index (κ3) is 3.84. The third-order valence-electron chi connectivity index (χ3n) is 3.97. The molecule has 0 aliphatic heterocycles. The zero-order valence-corrected chi connectivity index (χ0v) is 15.1. The Morgan fingerprint density at radius 1 is 0.750 bits per heavy atom. The topological polar surface area (TPSA) is 75.1 Å². The van der Waals surface area contributed by atoms with Crippen LogP contribution in [-0.4, -0.2) is 53.9 Å². The standard InChI is InChI=1S/C17H24N6O/c1-11(13-7-20-15(9-18-13)22(3)4)17(24)12(2)14-8-21-16(10-19-14)23(5)6/h7-12H,1-6H3. The van der Waals surface area contributed by atoms with Crippen LogP contribution in [0.1, 0.15) is 37.1 Å². The lowest BCUT2D eigenvalue weighted by Gasteiger charge is -2.17. The summed E-state index contributed by atoms with van der Waals surface area (Å²) >= 11 is 0. The van der Waals surface area contributed by atoms with Crippen molar-refractivity contribution < 1.29 is 4.79 Å².